The number of benzene rings is 2. The number of rotatable bonds is 7. The first-order valence-electron chi connectivity index (χ1n) is 10.5. The van der Waals surface area contributed by atoms with Crippen molar-refractivity contribution in [3.8, 4) is 0 Å². The monoisotopic (exact) mass is 486 g/mol. The fraction of sp³-hybridized carbons (Fsp3) is 0.261. The first kappa shape index (κ1) is 23.6. The average molecular weight is 487 g/mol. The summed E-state index contributed by atoms with van der Waals surface area (Å²) >= 11 is 0. The number of para-hydroxylation sites is 1. The highest BCUT2D eigenvalue weighted by Crippen LogP contribution is 2.39. The Morgan fingerprint density at radius 2 is 2.06 bits per heavy atom. The number of nitrogens with one attached hydrogen (secondary N) is 1. The largest absolute Gasteiger partial charge is 0.462 e. The quantitative estimate of drug-likeness (QED) is 0.485. The van der Waals surface area contributed by atoms with E-state index in [0.717, 1.165) is 29.6 Å². The van der Waals surface area contributed by atoms with E-state index in [2.05, 4.69) is 15.3 Å². The van der Waals surface area contributed by atoms with Gasteiger partial charge >= 0.3 is 5.97 Å². The van der Waals surface area contributed by atoms with Gasteiger partial charge in [-0.05, 0) is 43.2 Å². The number of anilines is 4. The number of fused-ring (bicyclic) bond motifs is 1. The third-order valence-corrected chi connectivity index (χ3v) is 6.49. The van der Waals surface area contributed by atoms with E-state index in [9.17, 15) is 22.7 Å². The van der Waals surface area contributed by atoms with Gasteiger partial charge in [0.1, 0.15) is 16.3 Å². The van der Waals surface area contributed by atoms with Crippen LogP contribution in [0.15, 0.2) is 53.6 Å². The van der Waals surface area contributed by atoms with Crippen LogP contribution in [0, 0.1) is 5.82 Å². The lowest BCUT2D eigenvalue weighted by Gasteiger charge is -2.27. The van der Waals surface area contributed by atoms with E-state index in [1.807, 2.05) is 24.3 Å². The highest BCUT2D eigenvalue weighted by Gasteiger charge is 2.34. The predicted molar refractivity (Wildman–Crippen MR) is 124 cm³/mol. The fourth-order valence-corrected chi connectivity index (χ4v) is 4.60. The zero-order valence-electron chi connectivity index (χ0n) is 18.5. The van der Waals surface area contributed by atoms with Crippen LogP contribution in [0.4, 0.5) is 27.5 Å². The molecule has 3 aromatic rings. The zero-order chi connectivity index (χ0) is 24.5. The van der Waals surface area contributed by atoms with Gasteiger partial charge in [0.25, 0.3) is 0 Å². The molecule has 1 aliphatic heterocycles. The van der Waals surface area contributed by atoms with Crippen LogP contribution in [0.25, 0.3) is 0 Å². The number of carbonyl (C=O) groups excluding carboxylic acids is 1. The number of carbonyl (C=O) groups is 1. The molecule has 11 heteroatoms. The van der Waals surface area contributed by atoms with E-state index < -0.39 is 26.5 Å². The van der Waals surface area contributed by atoms with Gasteiger partial charge in [-0.3, -0.25) is 0 Å². The Labute approximate surface area is 196 Å². The summed E-state index contributed by atoms with van der Waals surface area (Å²) in [5.74, 6) is -1.25. The van der Waals surface area contributed by atoms with Crippen molar-refractivity contribution in [2.45, 2.75) is 24.3 Å². The Hall–Kier alpha value is -3.57. The second kappa shape index (κ2) is 9.35. The zero-order valence-corrected chi connectivity index (χ0v) is 19.3. The lowest BCUT2D eigenvalue weighted by molar-refractivity contribution is 0.0526. The van der Waals surface area contributed by atoms with Gasteiger partial charge in [0.2, 0.25) is 5.95 Å². The van der Waals surface area contributed by atoms with Gasteiger partial charge in [-0.1, -0.05) is 18.2 Å². The van der Waals surface area contributed by atoms with Gasteiger partial charge in [-0.15, -0.1) is 0 Å². The van der Waals surface area contributed by atoms with Crippen LogP contribution in [-0.2, 0) is 21.0 Å². The molecule has 0 radical (unpaired) electrons. The van der Waals surface area contributed by atoms with Crippen molar-refractivity contribution in [1.29, 1.82) is 0 Å². The van der Waals surface area contributed by atoms with Crippen molar-refractivity contribution in [3.05, 3.63) is 65.6 Å². The number of nitrogens with zero attached hydrogens (tertiary/aromatic N) is 3. The number of halogens is 1. The maximum absolute atomic E-state index is 14.3. The van der Waals surface area contributed by atoms with E-state index in [4.69, 9.17) is 4.74 Å². The van der Waals surface area contributed by atoms with Crippen molar-refractivity contribution >= 4 is 38.9 Å². The summed E-state index contributed by atoms with van der Waals surface area (Å²) in [5.41, 5.74) is 2.12. The van der Waals surface area contributed by atoms with E-state index in [1.165, 1.54) is 12.3 Å². The first-order valence-corrected chi connectivity index (χ1v) is 12.4. The van der Waals surface area contributed by atoms with Gasteiger partial charge in [-0.25, -0.2) is 22.6 Å². The molecule has 34 heavy (non-hydrogen) atoms. The third kappa shape index (κ3) is 4.57. The number of ether oxygens (including phenoxy) is 1. The molecule has 0 unspecified atom stereocenters. The number of aliphatic hydroxyl groups is 1. The summed E-state index contributed by atoms with van der Waals surface area (Å²) in [5, 5.41) is 12.9. The second-order valence-corrected chi connectivity index (χ2v) is 9.72. The minimum absolute atomic E-state index is 0.0515. The Morgan fingerprint density at radius 3 is 2.74 bits per heavy atom. The molecule has 0 amide bonds. The van der Waals surface area contributed by atoms with E-state index in [1.54, 1.807) is 11.8 Å². The molecule has 0 saturated heterocycles. The summed E-state index contributed by atoms with van der Waals surface area (Å²) in [4.78, 5) is 22.7. The molecule has 0 bridgehead atoms. The normalized spacial score (nSPS) is 15.2. The second-order valence-electron chi connectivity index (χ2n) is 7.73. The third-order valence-electron chi connectivity index (χ3n) is 5.36. The predicted octanol–water partition coefficient (Wildman–Crippen LogP) is 2.99. The SMILES string of the molecule is CCOC(=O)c1cnc(Nc2ccc(S(C)(=O)=O)c(F)c2)nc1N1c2ccccc2C[C@H]1CO. The van der Waals surface area contributed by atoms with Crippen molar-refractivity contribution in [3.63, 3.8) is 0 Å². The number of aromatic nitrogens is 2. The maximum Gasteiger partial charge on any atom is 0.343 e. The molecule has 1 aliphatic rings. The summed E-state index contributed by atoms with van der Waals surface area (Å²) in [6, 6.07) is 10.8. The van der Waals surface area contributed by atoms with Crippen LogP contribution in [0.3, 0.4) is 0 Å². The molecule has 1 atom stereocenters. The summed E-state index contributed by atoms with van der Waals surface area (Å²) in [6.07, 6.45) is 2.78. The van der Waals surface area contributed by atoms with Crippen LogP contribution in [0.1, 0.15) is 22.8 Å². The molecule has 0 spiro atoms. The molecule has 4 rings (SSSR count). The van der Waals surface area contributed by atoms with Crippen LogP contribution >= 0.6 is 0 Å². The first-order chi connectivity index (χ1) is 16.2. The summed E-state index contributed by atoms with van der Waals surface area (Å²) in [6.45, 7) is 1.66. The fourth-order valence-electron chi connectivity index (χ4n) is 3.87. The van der Waals surface area contributed by atoms with Gasteiger partial charge in [0, 0.05) is 23.8 Å². The highest BCUT2D eigenvalue weighted by atomic mass is 32.2. The molecule has 178 valence electrons. The van der Waals surface area contributed by atoms with Crippen molar-refractivity contribution < 1.29 is 27.4 Å². The molecule has 0 saturated carbocycles. The van der Waals surface area contributed by atoms with Gasteiger partial charge in [0.15, 0.2) is 15.7 Å². The smallest absolute Gasteiger partial charge is 0.343 e. The van der Waals surface area contributed by atoms with E-state index in [0.29, 0.717) is 6.42 Å². The highest BCUT2D eigenvalue weighted by molar-refractivity contribution is 7.90. The number of sulfone groups is 1. The number of hydrogen-bond acceptors (Lipinski definition) is 9. The molecule has 2 heterocycles. The van der Waals surface area contributed by atoms with Crippen molar-refractivity contribution in [2.75, 3.05) is 29.7 Å². The van der Waals surface area contributed by atoms with Crippen LogP contribution < -0.4 is 10.2 Å². The number of aliphatic hydroxyl groups excluding tert-OH is 1. The topological polar surface area (TPSA) is 122 Å². The Morgan fingerprint density at radius 1 is 1.29 bits per heavy atom. The van der Waals surface area contributed by atoms with Gasteiger partial charge in [0.05, 0.1) is 19.3 Å². The Kier molecular flexibility index (Phi) is 6.49. The molecular formula is C23H23FN4O5S. The number of esters is 1. The summed E-state index contributed by atoms with van der Waals surface area (Å²) < 4.78 is 42.9. The van der Waals surface area contributed by atoms with E-state index >= 15 is 0 Å². The minimum Gasteiger partial charge on any atom is -0.462 e. The molecule has 0 fully saturated rings. The minimum atomic E-state index is -3.71. The summed E-state index contributed by atoms with van der Waals surface area (Å²) in [7, 11) is -3.71. The molecule has 2 N–H and O–H groups in total. The number of hydrogen-bond donors (Lipinski definition) is 2. The maximum atomic E-state index is 14.3. The lowest BCUT2D eigenvalue weighted by atomic mass is 10.1. The van der Waals surface area contributed by atoms with E-state index in [-0.39, 0.29) is 42.3 Å². The molecular weight excluding hydrogens is 463 g/mol. The van der Waals surface area contributed by atoms with Crippen molar-refractivity contribution in [2.24, 2.45) is 0 Å². The van der Waals surface area contributed by atoms with Crippen LogP contribution in [0.2, 0.25) is 0 Å². The van der Waals surface area contributed by atoms with Crippen LogP contribution in [0.5, 0.6) is 0 Å². The Bertz CT molecular complexity index is 1350. The van der Waals surface area contributed by atoms with Crippen LogP contribution in [-0.4, -0.2) is 55.0 Å². The Balaban J connectivity index is 1.77. The molecule has 1 aromatic heterocycles. The lowest BCUT2D eigenvalue weighted by Crippen LogP contribution is -2.33. The van der Waals surface area contributed by atoms with Gasteiger partial charge < -0.3 is 20.1 Å². The molecule has 0 aliphatic carbocycles. The molecule has 9 nitrogen and oxygen atoms in total. The van der Waals surface area contributed by atoms with Crippen molar-refractivity contribution in [1.82, 2.24) is 9.97 Å². The van der Waals surface area contributed by atoms with Gasteiger partial charge in [-0.2, -0.15) is 4.98 Å². The molecule has 2 aromatic carbocycles. The standard InChI is InChI=1S/C23H23FN4O5S/c1-3-33-22(30)17-12-25-23(26-15-8-9-20(18(24)11-15)34(2,31)32)27-21(17)28-16(13-29)10-14-6-4-5-7-19(14)28/h4-9,11-12,16,29H,3,10,13H2,1-2H3,(H,25,26,27)/t16-/m0/s1. The average Bonchev–Trinajstić information content (AvgIpc) is 3.17.